The van der Waals surface area contributed by atoms with Gasteiger partial charge in [-0.3, -0.25) is 10.1 Å². The molecule has 4 nitrogen and oxygen atoms in total. The summed E-state index contributed by atoms with van der Waals surface area (Å²) in [6.45, 7) is 0. The Morgan fingerprint density at radius 2 is 1.56 bits per heavy atom. The summed E-state index contributed by atoms with van der Waals surface area (Å²) < 4.78 is 5.21. The molecule has 2 aromatic heterocycles. The van der Waals surface area contributed by atoms with Crippen LogP contribution in [0.3, 0.4) is 0 Å². The van der Waals surface area contributed by atoms with Crippen LogP contribution in [-0.2, 0) is 0 Å². The second-order valence-corrected chi connectivity index (χ2v) is 6.36. The number of amides is 1. The maximum atomic E-state index is 12.8. The predicted octanol–water partition coefficient (Wildman–Crippen LogP) is 5.32. The molecule has 1 amide bonds. The van der Waals surface area contributed by atoms with Crippen LogP contribution in [0.1, 0.15) is 9.67 Å². The van der Waals surface area contributed by atoms with Crippen molar-refractivity contribution >= 4 is 23.1 Å². The van der Waals surface area contributed by atoms with Crippen LogP contribution in [0.4, 0.5) is 5.88 Å². The third kappa shape index (κ3) is 3.22. The van der Waals surface area contributed by atoms with Crippen LogP contribution < -0.4 is 5.32 Å². The smallest absolute Gasteiger partial charge is 0.270 e. The SMILES string of the molecule is O=C(Nc1ccco1)c1sc(-c2ccccc2)nc1-c1ccccc1. The Bertz CT molecular complexity index is 977. The van der Waals surface area contributed by atoms with E-state index in [2.05, 4.69) is 5.32 Å². The van der Waals surface area contributed by atoms with Crippen LogP contribution >= 0.6 is 11.3 Å². The topological polar surface area (TPSA) is 55.1 Å². The summed E-state index contributed by atoms with van der Waals surface area (Å²) in [5.74, 6) is 0.187. The van der Waals surface area contributed by atoms with Gasteiger partial charge < -0.3 is 4.42 Å². The lowest BCUT2D eigenvalue weighted by Crippen LogP contribution is -2.10. The minimum Gasteiger partial charge on any atom is -0.449 e. The van der Waals surface area contributed by atoms with Gasteiger partial charge in [-0.05, 0) is 6.07 Å². The molecule has 0 aliphatic rings. The third-order valence-electron chi connectivity index (χ3n) is 3.66. The van der Waals surface area contributed by atoms with E-state index >= 15 is 0 Å². The van der Waals surface area contributed by atoms with Gasteiger partial charge in [0.1, 0.15) is 9.88 Å². The fraction of sp³-hybridized carbons (Fsp3) is 0. The molecule has 122 valence electrons. The lowest BCUT2D eigenvalue weighted by molar-refractivity contribution is 0.102. The van der Waals surface area contributed by atoms with Crippen molar-refractivity contribution in [1.82, 2.24) is 4.98 Å². The van der Waals surface area contributed by atoms with Gasteiger partial charge in [0.05, 0.1) is 12.0 Å². The van der Waals surface area contributed by atoms with Gasteiger partial charge in [-0.25, -0.2) is 4.98 Å². The number of nitrogens with one attached hydrogen (secondary N) is 1. The number of aromatic nitrogens is 1. The van der Waals surface area contributed by atoms with Crippen LogP contribution in [0.5, 0.6) is 0 Å². The standard InChI is InChI=1S/C20H14N2O2S/c23-19(21-16-12-7-13-24-16)18-17(14-8-3-1-4-9-14)22-20(25-18)15-10-5-2-6-11-15/h1-13H,(H,21,23). The van der Waals surface area contributed by atoms with E-state index < -0.39 is 0 Å². The Morgan fingerprint density at radius 1 is 0.880 bits per heavy atom. The molecular formula is C20H14N2O2S. The molecule has 1 N–H and O–H groups in total. The zero-order valence-corrected chi connectivity index (χ0v) is 14.0. The molecule has 4 rings (SSSR count). The van der Waals surface area contributed by atoms with E-state index in [1.807, 2.05) is 60.7 Å². The van der Waals surface area contributed by atoms with Gasteiger partial charge in [0.25, 0.3) is 5.91 Å². The number of carbonyl (C=O) groups is 1. The second-order valence-electron chi connectivity index (χ2n) is 5.36. The highest BCUT2D eigenvalue weighted by molar-refractivity contribution is 7.17. The van der Waals surface area contributed by atoms with Crippen LogP contribution in [0.2, 0.25) is 0 Å². The largest absolute Gasteiger partial charge is 0.449 e. The summed E-state index contributed by atoms with van der Waals surface area (Å²) >= 11 is 1.37. The number of carbonyl (C=O) groups excluding carboxylic acids is 1. The van der Waals surface area contributed by atoms with Crippen molar-refractivity contribution in [3.8, 4) is 21.8 Å². The molecular weight excluding hydrogens is 332 g/mol. The number of hydrogen-bond donors (Lipinski definition) is 1. The zero-order chi connectivity index (χ0) is 17.1. The first-order chi connectivity index (χ1) is 12.3. The van der Waals surface area contributed by atoms with Crippen molar-refractivity contribution in [2.45, 2.75) is 0 Å². The van der Waals surface area contributed by atoms with Crippen molar-refractivity contribution in [1.29, 1.82) is 0 Å². The summed E-state index contributed by atoms with van der Waals surface area (Å²) in [5.41, 5.74) is 2.57. The molecule has 0 aliphatic carbocycles. The molecule has 0 bridgehead atoms. The Labute approximate surface area is 148 Å². The van der Waals surface area contributed by atoms with Gasteiger partial charge >= 0.3 is 0 Å². The Balaban J connectivity index is 1.78. The summed E-state index contributed by atoms with van der Waals surface area (Å²) in [6.07, 6.45) is 1.52. The van der Waals surface area contributed by atoms with Gasteiger partial charge in [-0.1, -0.05) is 60.7 Å². The molecule has 0 spiro atoms. The molecule has 25 heavy (non-hydrogen) atoms. The van der Waals surface area contributed by atoms with Crippen LogP contribution in [-0.4, -0.2) is 10.9 Å². The van der Waals surface area contributed by atoms with Gasteiger partial charge in [0, 0.05) is 17.2 Å². The maximum absolute atomic E-state index is 12.8. The molecule has 5 heteroatoms. The Kier molecular flexibility index (Phi) is 4.14. The number of furan rings is 1. The molecule has 4 aromatic rings. The lowest BCUT2D eigenvalue weighted by atomic mass is 10.1. The summed E-state index contributed by atoms with van der Waals surface area (Å²) in [5, 5.41) is 3.59. The number of benzene rings is 2. The molecule has 0 saturated heterocycles. The normalized spacial score (nSPS) is 10.6. The average Bonchev–Trinajstić information content (AvgIpc) is 3.33. The molecule has 0 radical (unpaired) electrons. The lowest BCUT2D eigenvalue weighted by Gasteiger charge is -2.02. The summed E-state index contributed by atoms with van der Waals surface area (Å²) in [6, 6.07) is 23.0. The zero-order valence-electron chi connectivity index (χ0n) is 13.2. The Hall–Kier alpha value is -3.18. The van der Waals surface area contributed by atoms with Crippen molar-refractivity contribution in [2.24, 2.45) is 0 Å². The first-order valence-electron chi connectivity index (χ1n) is 7.78. The number of anilines is 1. The van der Waals surface area contributed by atoms with E-state index in [1.165, 1.54) is 17.6 Å². The minimum absolute atomic E-state index is 0.228. The monoisotopic (exact) mass is 346 g/mol. The van der Waals surface area contributed by atoms with Gasteiger partial charge in [0.15, 0.2) is 5.88 Å². The summed E-state index contributed by atoms with van der Waals surface area (Å²) in [7, 11) is 0. The fourth-order valence-electron chi connectivity index (χ4n) is 2.49. The van der Waals surface area contributed by atoms with Crippen LogP contribution in [0, 0.1) is 0 Å². The third-order valence-corrected chi connectivity index (χ3v) is 4.76. The number of nitrogens with zero attached hydrogens (tertiary/aromatic N) is 1. The van der Waals surface area contributed by atoms with Gasteiger partial charge in [-0.15, -0.1) is 11.3 Å². The number of thiazole rings is 1. The van der Waals surface area contributed by atoms with Crippen molar-refractivity contribution in [3.05, 3.63) is 83.9 Å². The van der Waals surface area contributed by atoms with Crippen LogP contribution in [0.25, 0.3) is 21.8 Å². The van der Waals surface area contributed by atoms with E-state index in [0.717, 1.165) is 16.1 Å². The fourth-order valence-corrected chi connectivity index (χ4v) is 3.48. The first kappa shape index (κ1) is 15.4. The molecule has 0 atom stereocenters. The van der Waals surface area contributed by atoms with Gasteiger partial charge in [0.2, 0.25) is 0 Å². The minimum atomic E-state index is -0.228. The second kappa shape index (κ2) is 6.75. The predicted molar refractivity (Wildman–Crippen MR) is 99.6 cm³/mol. The number of rotatable bonds is 4. The van der Waals surface area contributed by atoms with E-state index in [0.29, 0.717) is 16.5 Å². The highest BCUT2D eigenvalue weighted by Gasteiger charge is 2.20. The Morgan fingerprint density at radius 3 is 2.20 bits per heavy atom. The molecule has 2 aromatic carbocycles. The number of hydrogen-bond acceptors (Lipinski definition) is 4. The maximum Gasteiger partial charge on any atom is 0.270 e. The van der Waals surface area contributed by atoms with Crippen molar-refractivity contribution in [3.63, 3.8) is 0 Å². The highest BCUT2D eigenvalue weighted by Crippen LogP contribution is 2.34. The van der Waals surface area contributed by atoms with Crippen molar-refractivity contribution < 1.29 is 9.21 Å². The van der Waals surface area contributed by atoms with E-state index in [4.69, 9.17) is 9.40 Å². The quantitative estimate of drug-likeness (QED) is 0.544. The first-order valence-corrected chi connectivity index (χ1v) is 8.59. The van der Waals surface area contributed by atoms with Gasteiger partial charge in [-0.2, -0.15) is 0 Å². The van der Waals surface area contributed by atoms with E-state index in [-0.39, 0.29) is 5.91 Å². The van der Waals surface area contributed by atoms with Crippen LogP contribution in [0.15, 0.2) is 83.5 Å². The molecule has 2 heterocycles. The molecule has 0 aliphatic heterocycles. The van der Waals surface area contributed by atoms with E-state index in [1.54, 1.807) is 12.1 Å². The highest BCUT2D eigenvalue weighted by atomic mass is 32.1. The van der Waals surface area contributed by atoms with E-state index in [9.17, 15) is 4.79 Å². The van der Waals surface area contributed by atoms with Crippen molar-refractivity contribution in [2.75, 3.05) is 5.32 Å². The molecule has 0 saturated carbocycles. The molecule has 0 unspecified atom stereocenters. The average molecular weight is 346 g/mol. The summed E-state index contributed by atoms with van der Waals surface area (Å²) in [4.78, 5) is 18.0. The molecule has 0 fully saturated rings.